The predicted molar refractivity (Wildman–Crippen MR) is 85.4 cm³/mol. The van der Waals surface area contributed by atoms with Crippen LogP contribution in [0.5, 0.6) is 0 Å². The molecular weight excluding hydrogens is 315 g/mol. The number of benzene rings is 1. The summed E-state index contributed by atoms with van der Waals surface area (Å²) < 4.78 is 0. The van der Waals surface area contributed by atoms with Crippen LogP contribution >= 0.6 is 23.2 Å². The number of amides is 2. The van der Waals surface area contributed by atoms with Crippen molar-refractivity contribution in [3.05, 3.63) is 22.2 Å². The van der Waals surface area contributed by atoms with Gasteiger partial charge in [0.05, 0.1) is 29.5 Å². The summed E-state index contributed by atoms with van der Waals surface area (Å²) in [6.45, 7) is 3.72. The molecule has 1 rings (SSSR count). The highest BCUT2D eigenvalue weighted by Gasteiger charge is 2.18. The van der Waals surface area contributed by atoms with E-state index in [-0.39, 0.29) is 35.7 Å². The number of nitrogens with zero attached hydrogens (tertiary/aromatic N) is 1. The molecule has 0 heterocycles. The number of anilines is 2. The highest BCUT2D eigenvalue weighted by atomic mass is 35.5. The summed E-state index contributed by atoms with van der Waals surface area (Å²) in [5, 5.41) is 3.25. The highest BCUT2D eigenvalue weighted by molar-refractivity contribution is 6.37. The van der Waals surface area contributed by atoms with Gasteiger partial charge in [-0.3, -0.25) is 14.5 Å². The second-order valence-electron chi connectivity index (χ2n) is 4.87. The zero-order valence-corrected chi connectivity index (χ0v) is 13.3. The van der Waals surface area contributed by atoms with E-state index in [1.165, 1.54) is 12.1 Å². The number of hydrogen-bond acceptors (Lipinski definition) is 4. The average Bonchev–Trinajstić information content (AvgIpc) is 2.32. The Morgan fingerprint density at radius 2 is 1.90 bits per heavy atom. The number of rotatable bonds is 6. The van der Waals surface area contributed by atoms with Crippen LogP contribution in [0.2, 0.25) is 10.0 Å². The minimum absolute atomic E-state index is 0.000990. The van der Waals surface area contributed by atoms with E-state index in [9.17, 15) is 9.59 Å². The molecule has 6 nitrogen and oxygen atoms in total. The molecule has 1 aromatic carbocycles. The lowest BCUT2D eigenvalue weighted by molar-refractivity contribution is -0.121. The van der Waals surface area contributed by atoms with Gasteiger partial charge in [0.25, 0.3) is 0 Å². The van der Waals surface area contributed by atoms with Crippen LogP contribution in [0.1, 0.15) is 13.8 Å². The molecule has 0 saturated carbocycles. The summed E-state index contributed by atoms with van der Waals surface area (Å²) in [6.07, 6.45) is 0. The molecule has 0 fully saturated rings. The zero-order valence-electron chi connectivity index (χ0n) is 11.8. The summed E-state index contributed by atoms with van der Waals surface area (Å²) in [6, 6.07) is 2.96. The molecule has 8 heteroatoms. The van der Waals surface area contributed by atoms with Crippen molar-refractivity contribution in [3.63, 3.8) is 0 Å². The Morgan fingerprint density at radius 3 is 2.38 bits per heavy atom. The van der Waals surface area contributed by atoms with Crippen molar-refractivity contribution in [2.45, 2.75) is 19.9 Å². The third kappa shape index (κ3) is 5.41. The normalized spacial score (nSPS) is 11.0. The first-order valence-electron chi connectivity index (χ1n) is 6.27. The number of nitrogens with one attached hydrogen (secondary N) is 1. The largest absolute Gasteiger partial charge is 0.397 e. The van der Waals surface area contributed by atoms with Crippen molar-refractivity contribution in [1.82, 2.24) is 4.90 Å². The fourth-order valence-corrected chi connectivity index (χ4v) is 2.27. The van der Waals surface area contributed by atoms with Crippen LogP contribution in [0.3, 0.4) is 0 Å². The van der Waals surface area contributed by atoms with E-state index in [1.54, 1.807) is 4.90 Å². The van der Waals surface area contributed by atoms with Gasteiger partial charge < -0.3 is 16.8 Å². The lowest BCUT2D eigenvalue weighted by Gasteiger charge is -2.24. The molecule has 5 N–H and O–H groups in total. The van der Waals surface area contributed by atoms with E-state index in [0.29, 0.717) is 10.7 Å². The Hall–Kier alpha value is -1.50. The Balaban J connectivity index is 2.79. The number of carbonyl (C=O) groups is 2. The molecule has 0 saturated heterocycles. The van der Waals surface area contributed by atoms with Gasteiger partial charge in [-0.05, 0) is 26.0 Å². The molecule has 0 atom stereocenters. The van der Waals surface area contributed by atoms with Crippen LogP contribution in [0.25, 0.3) is 0 Å². The van der Waals surface area contributed by atoms with Gasteiger partial charge >= 0.3 is 0 Å². The number of halogens is 2. The molecular formula is C13H18Cl2N4O2. The van der Waals surface area contributed by atoms with Gasteiger partial charge in [-0.15, -0.1) is 0 Å². The summed E-state index contributed by atoms with van der Waals surface area (Å²) in [5.74, 6) is -0.846. The second kappa shape index (κ2) is 7.49. The predicted octanol–water partition coefficient (Wildman–Crippen LogP) is 1.71. The maximum absolute atomic E-state index is 12.0. The third-order valence-corrected chi connectivity index (χ3v) is 3.30. The summed E-state index contributed by atoms with van der Waals surface area (Å²) in [7, 11) is 0. The van der Waals surface area contributed by atoms with Gasteiger partial charge in [0.15, 0.2) is 0 Å². The van der Waals surface area contributed by atoms with Crippen LogP contribution in [-0.4, -0.2) is 35.8 Å². The quantitative estimate of drug-likeness (QED) is 0.690. The van der Waals surface area contributed by atoms with Crippen molar-refractivity contribution >= 4 is 46.4 Å². The molecule has 0 aliphatic heterocycles. The molecule has 0 unspecified atom stereocenters. The molecule has 0 aliphatic rings. The lowest BCUT2D eigenvalue weighted by atomic mass is 10.2. The summed E-state index contributed by atoms with van der Waals surface area (Å²) >= 11 is 11.8. The van der Waals surface area contributed by atoms with Gasteiger partial charge in [0, 0.05) is 11.1 Å². The Bertz CT molecular complexity index is 526. The fourth-order valence-electron chi connectivity index (χ4n) is 1.71. The second-order valence-corrected chi connectivity index (χ2v) is 5.71. The van der Waals surface area contributed by atoms with Gasteiger partial charge in [0.2, 0.25) is 11.8 Å². The van der Waals surface area contributed by atoms with Crippen LogP contribution in [0.4, 0.5) is 11.4 Å². The molecule has 0 bridgehead atoms. The molecule has 1 aromatic rings. The van der Waals surface area contributed by atoms with E-state index in [1.807, 2.05) is 13.8 Å². The van der Waals surface area contributed by atoms with Crippen molar-refractivity contribution in [2.75, 3.05) is 24.1 Å². The third-order valence-electron chi connectivity index (χ3n) is 2.79. The van der Waals surface area contributed by atoms with Crippen molar-refractivity contribution in [1.29, 1.82) is 0 Å². The molecule has 0 spiro atoms. The van der Waals surface area contributed by atoms with E-state index in [2.05, 4.69) is 5.32 Å². The first kappa shape index (κ1) is 17.6. The SMILES string of the molecule is CC(C)N(CC(N)=O)CC(=O)Nc1c(N)cc(Cl)cc1Cl. The van der Waals surface area contributed by atoms with Gasteiger partial charge in [-0.2, -0.15) is 0 Å². The van der Waals surface area contributed by atoms with Crippen LogP contribution in [0, 0.1) is 0 Å². The standard InChI is InChI=1S/C13H18Cl2N4O2/c1-7(2)19(5-11(17)20)6-12(21)18-13-9(15)3-8(14)4-10(13)16/h3-4,7H,5-6,16H2,1-2H3,(H2,17,20)(H,18,21). The summed E-state index contributed by atoms with van der Waals surface area (Å²) in [5.41, 5.74) is 11.5. The minimum atomic E-state index is -0.500. The molecule has 116 valence electrons. The molecule has 0 aromatic heterocycles. The topological polar surface area (TPSA) is 101 Å². The van der Waals surface area contributed by atoms with E-state index < -0.39 is 5.91 Å². The van der Waals surface area contributed by atoms with Gasteiger partial charge in [-0.25, -0.2) is 0 Å². The van der Waals surface area contributed by atoms with Gasteiger partial charge in [0.1, 0.15) is 0 Å². The number of nitrogens with two attached hydrogens (primary N) is 2. The monoisotopic (exact) mass is 332 g/mol. The van der Waals surface area contributed by atoms with E-state index >= 15 is 0 Å². The number of carbonyl (C=O) groups excluding carboxylic acids is 2. The summed E-state index contributed by atoms with van der Waals surface area (Å²) in [4.78, 5) is 24.7. The average molecular weight is 333 g/mol. The Labute approximate surface area is 133 Å². The fraction of sp³-hybridized carbons (Fsp3) is 0.385. The first-order chi connectivity index (χ1) is 9.70. The van der Waals surface area contributed by atoms with Crippen molar-refractivity contribution in [3.8, 4) is 0 Å². The lowest BCUT2D eigenvalue weighted by Crippen LogP contribution is -2.43. The molecule has 2 amide bonds. The Morgan fingerprint density at radius 1 is 1.29 bits per heavy atom. The van der Waals surface area contributed by atoms with Crippen LogP contribution < -0.4 is 16.8 Å². The maximum Gasteiger partial charge on any atom is 0.238 e. The van der Waals surface area contributed by atoms with E-state index in [4.69, 9.17) is 34.7 Å². The number of primary amides is 1. The first-order valence-corrected chi connectivity index (χ1v) is 7.03. The molecule has 21 heavy (non-hydrogen) atoms. The van der Waals surface area contributed by atoms with Crippen molar-refractivity contribution in [2.24, 2.45) is 5.73 Å². The minimum Gasteiger partial charge on any atom is -0.397 e. The van der Waals surface area contributed by atoms with E-state index in [0.717, 1.165) is 0 Å². The Kier molecular flexibility index (Phi) is 6.26. The molecule has 0 radical (unpaired) electrons. The number of hydrogen-bond donors (Lipinski definition) is 3. The number of nitrogen functional groups attached to an aromatic ring is 1. The van der Waals surface area contributed by atoms with Crippen molar-refractivity contribution < 1.29 is 9.59 Å². The maximum atomic E-state index is 12.0. The van der Waals surface area contributed by atoms with Gasteiger partial charge in [-0.1, -0.05) is 23.2 Å². The van der Waals surface area contributed by atoms with Crippen LogP contribution in [0.15, 0.2) is 12.1 Å². The van der Waals surface area contributed by atoms with Crippen LogP contribution in [-0.2, 0) is 9.59 Å². The zero-order chi connectivity index (χ0) is 16.2. The smallest absolute Gasteiger partial charge is 0.238 e. The molecule has 0 aliphatic carbocycles. The highest BCUT2D eigenvalue weighted by Crippen LogP contribution is 2.31.